The first-order valence-electron chi connectivity index (χ1n) is 5.22. The Bertz CT molecular complexity index is 382. The van der Waals surface area contributed by atoms with Crippen LogP contribution in [0.15, 0.2) is 18.2 Å². The molecule has 0 aromatic heterocycles. The molecule has 1 aromatic rings. The van der Waals surface area contributed by atoms with Crippen LogP contribution in [0.25, 0.3) is 0 Å². The van der Waals surface area contributed by atoms with Gasteiger partial charge in [0.15, 0.2) is 0 Å². The van der Waals surface area contributed by atoms with Gasteiger partial charge in [-0.2, -0.15) is 0 Å². The predicted molar refractivity (Wildman–Crippen MR) is 62.7 cm³/mol. The van der Waals surface area contributed by atoms with Crippen LogP contribution in [0.4, 0.5) is 10.1 Å². The molecule has 0 spiro atoms. The molecule has 0 aliphatic carbocycles. The van der Waals surface area contributed by atoms with Gasteiger partial charge in [-0.05, 0) is 44.0 Å². The molecule has 3 nitrogen and oxygen atoms in total. The van der Waals surface area contributed by atoms with E-state index in [4.69, 9.17) is 5.73 Å². The van der Waals surface area contributed by atoms with Crippen molar-refractivity contribution in [2.75, 3.05) is 5.32 Å². The largest absolute Gasteiger partial charge is 0.324 e. The summed E-state index contributed by atoms with van der Waals surface area (Å²) in [5, 5.41) is 2.61. The number of carbonyl (C=O) groups excluding carboxylic acids is 1. The number of halogens is 1. The molecule has 0 radical (unpaired) electrons. The van der Waals surface area contributed by atoms with Crippen LogP contribution in [0, 0.1) is 12.7 Å². The van der Waals surface area contributed by atoms with Crippen molar-refractivity contribution in [1.82, 2.24) is 0 Å². The van der Waals surface area contributed by atoms with Gasteiger partial charge in [0.1, 0.15) is 5.82 Å². The zero-order chi connectivity index (χ0) is 12.3. The van der Waals surface area contributed by atoms with Gasteiger partial charge in [0.05, 0.1) is 5.54 Å². The highest BCUT2D eigenvalue weighted by Crippen LogP contribution is 2.15. The quantitative estimate of drug-likeness (QED) is 0.827. The van der Waals surface area contributed by atoms with Gasteiger partial charge >= 0.3 is 0 Å². The van der Waals surface area contributed by atoms with Crippen molar-refractivity contribution < 1.29 is 9.18 Å². The Labute approximate surface area is 94.8 Å². The van der Waals surface area contributed by atoms with E-state index in [1.54, 1.807) is 19.9 Å². The Hall–Kier alpha value is -1.42. The van der Waals surface area contributed by atoms with Crippen molar-refractivity contribution in [2.24, 2.45) is 5.73 Å². The molecular formula is C12H17FN2O. The van der Waals surface area contributed by atoms with Crippen molar-refractivity contribution >= 4 is 11.6 Å². The smallest absolute Gasteiger partial charge is 0.244 e. The van der Waals surface area contributed by atoms with Gasteiger partial charge in [0.2, 0.25) is 5.91 Å². The minimum Gasteiger partial charge on any atom is -0.324 e. The third-order valence-electron chi connectivity index (χ3n) is 2.55. The maximum absolute atomic E-state index is 13.1. The summed E-state index contributed by atoms with van der Waals surface area (Å²) >= 11 is 0. The van der Waals surface area contributed by atoms with Crippen LogP contribution >= 0.6 is 0 Å². The number of benzene rings is 1. The van der Waals surface area contributed by atoms with Crippen molar-refractivity contribution in [1.29, 1.82) is 0 Å². The summed E-state index contributed by atoms with van der Waals surface area (Å²) in [6.07, 6.45) is 0.521. The average Bonchev–Trinajstić information content (AvgIpc) is 2.15. The lowest BCUT2D eigenvalue weighted by Crippen LogP contribution is -2.47. The minimum absolute atomic E-state index is 0.306. The van der Waals surface area contributed by atoms with E-state index >= 15 is 0 Å². The Morgan fingerprint density at radius 2 is 2.12 bits per heavy atom. The first-order valence-corrected chi connectivity index (χ1v) is 5.22. The molecule has 88 valence electrons. The molecule has 4 heteroatoms. The highest BCUT2D eigenvalue weighted by molar-refractivity contribution is 5.97. The maximum Gasteiger partial charge on any atom is 0.244 e. The van der Waals surface area contributed by atoms with E-state index < -0.39 is 5.54 Å². The first-order chi connectivity index (χ1) is 7.35. The maximum atomic E-state index is 13.1. The Morgan fingerprint density at radius 1 is 1.50 bits per heavy atom. The number of aryl methyl sites for hydroxylation is 1. The van der Waals surface area contributed by atoms with Crippen molar-refractivity contribution in [3.05, 3.63) is 29.6 Å². The highest BCUT2D eigenvalue weighted by Gasteiger charge is 2.25. The molecule has 3 N–H and O–H groups in total. The molecule has 0 fully saturated rings. The van der Waals surface area contributed by atoms with Gasteiger partial charge in [-0.3, -0.25) is 4.79 Å². The van der Waals surface area contributed by atoms with Gasteiger partial charge in [0, 0.05) is 5.69 Å². The normalized spacial score (nSPS) is 14.3. The summed E-state index contributed by atoms with van der Waals surface area (Å²) in [5.74, 6) is -0.675. The molecule has 1 aromatic carbocycles. The lowest BCUT2D eigenvalue weighted by molar-refractivity contribution is -0.120. The fraction of sp³-hybridized carbons (Fsp3) is 0.417. The molecule has 0 aliphatic heterocycles. The van der Waals surface area contributed by atoms with Crippen LogP contribution in [-0.2, 0) is 4.79 Å². The van der Waals surface area contributed by atoms with Crippen LogP contribution in [0.1, 0.15) is 25.8 Å². The van der Waals surface area contributed by atoms with Gasteiger partial charge < -0.3 is 11.1 Å². The van der Waals surface area contributed by atoms with Crippen LogP contribution in [-0.4, -0.2) is 11.4 Å². The molecular weight excluding hydrogens is 207 g/mol. The monoisotopic (exact) mass is 224 g/mol. The number of nitrogens with one attached hydrogen (secondary N) is 1. The molecule has 0 aliphatic rings. The van der Waals surface area contributed by atoms with E-state index in [1.807, 2.05) is 6.92 Å². The number of carbonyl (C=O) groups is 1. The lowest BCUT2D eigenvalue weighted by Gasteiger charge is -2.21. The van der Waals surface area contributed by atoms with E-state index in [9.17, 15) is 9.18 Å². The summed E-state index contributed by atoms with van der Waals surface area (Å²) < 4.78 is 13.1. The third-order valence-corrected chi connectivity index (χ3v) is 2.55. The van der Waals surface area contributed by atoms with E-state index in [2.05, 4.69) is 5.32 Å². The molecule has 1 amide bonds. The topological polar surface area (TPSA) is 55.1 Å². The Morgan fingerprint density at radius 3 is 2.62 bits per heavy atom. The zero-order valence-electron chi connectivity index (χ0n) is 9.80. The molecule has 0 bridgehead atoms. The second-order valence-corrected chi connectivity index (χ2v) is 4.24. The standard InChI is InChI=1S/C12H17FN2O/c1-4-12(3,14)11(16)15-10-6-8(2)5-9(13)7-10/h5-7H,4,14H2,1-3H3,(H,15,16). The highest BCUT2D eigenvalue weighted by atomic mass is 19.1. The second kappa shape index (κ2) is 4.61. The fourth-order valence-corrected chi connectivity index (χ4v) is 1.24. The van der Waals surface area contributed by atoms with Gasteiger partial charge in [0.25, 0.3) is 0 Å². The summed E-state index contributed by atoms with van der Waals surface area (Å²) in [6, 6.07) is 4.38. The van der Waals surface area contributed by atoms with Gasteiger partial charge in [-0.1, -0.05) is 6.92 Å². The molecule has 0 saturated carbocycles. The lowest BCUT2D eigenvalue weighted by atomic mass is 9.99. The second-order valence-electron chi connectivity index (χ2n) is 4.24. The SMILES string of the molecule is CCC(C)(N)C(=O)Nc1cc(C)cc(F)c1. The number of anilines is 1. The number of amides is 1. The Kier molecular flexibility index (Phi) is 3.65. The van der Waals surface area contributed by atoms with E-state index in [1.165, 1.54) is 12.1 Å². The molecule has 1 unspecified atom stereocenters. The number of nitrogens with two attached hydrogens (primary N) is 1. The van der Waals surface area contributed by atoms with Crippen molar-refractivity contribution in [3.63, 3.8) is 0 Å². The fourth-order valence-electron chi connectivity index (χ4n) is 1.24. The zero-order valence-corrected chi connectivity index (χ0v) is 9.80. The van der Waals surface area contributed by atoms with Crippen LogP contribution < -0.4 is 11.1 Å². The Balaban J connectivity index is 2.85. The van der Waals surface area contributed by atoms with E-state index in [0.29, 0.717) is 12.1 Å². The molecule has 0 saturated heterocycles. The van der Waals surface area contributed by atoms with Crippen LogP contribution in [0.3, 0.4) is 0 Å². The minimum atomic E-state index is -0.930. The van der Waals surface area contributed by atoms with E-state index in [-0.39, 0.29) is 11.7 Å². The van der Waals surface area contributed by atoms with Crippen molar-refractivity contribution in [2.45, 2.75) is 32.7 Å². The molecule has 16 heavy (non-hydrogen) atoms. The van der Waals surface area contributed by atoms with Crippen LogP contribution in [0.5, 0.6) is 0 Å². The molecule has 0 heterocycles. The van der Waals surface area contributed by atoms with E-state index in [0.717, 1.165) is 5.56 Å². The first kappa shape index (κ1) is 12.6. The van der Waals surface area contributed by atoms with Crippen LogP contribution in [0.2, 0.25) is 0 Å². The summed E-state index contributed by atoms with van der Waals surface area (Å²) in [6.45, 7) is 5.24. The average molecular weight is 224 g/mol. The number of hydrogen-bond donors (Lipinski definition) is 2. The van der Waals surface area contributed by atoms with Crippen molar-refractivity contribution in [3.8, 4) is 0 Å². The van der Waals surface area contributed by atoms with Gasteiger partial charge in [-0.15, -0.1) is 0 Å². The number of hydrogen-bond acceptors (Lipinski definition) is 2. The summed E-state index contributed by atoms with van der Waals surface area (Å²) in [4.78, 5) is 11.7. The summed E-state index contributed by atoms with van der Waals surface area (Å²) in [5.41, 5.74) is 6.04. The number of rotatable bonds is 3. The third kappa shape index (κ3) is 3.03. The summed E-state index contributed by atoms with van der Waals surface area (Å²) in [7, 11) is 0. The predicted octanol–water partition coefficient (Wildman–Crippen LogP) is 2.20. The van der Waals surface area contributed by atoms with Gasteiger partial charge in [-0.25, -0.2) is 4.39 Å². The molecule has 1 rings (SSSR count). The molecule has 1 atom stereocenters.